The van der Waals surface area contributed by atoms with Gasteiger partial charge in [0.25, 0.3) is 0 Å². The summed E-state index contributed by atoms with van der Waals surface area (Å²) in [6.45, 7) is 2.24. The number of halogens is 1. The van der Waals surface area contributed by atoms with Gasteiger partial charge in [-0.1, -0.05) is 24.9 Å². The molecule has 3 unspecified atom stereocenters. The smallest absolute Gasteiger partial charge is 0.122 e. The molecule has 2 rings (SSSR count). The molecule has 0 heterocycles. The van der Waals surface area contributed by atoms with Crippen LogP contribution in [0.15, 0.2) is 18.2 Å². The Morgan fingerprint density at radius 2 is 2.16 bits per heavy atom. The molecule has 0 bridgehead atoms. The van der Waals surface area contributed by atoms with Gasteiger partial charge in [-0.25, -0.2) is 0 Å². The highest BCUT2D eigenvalue weighted by Gasteiger charge is 2.29. The summed E-state index contributed by atoms with van der Waals surface area (Å²) in [5, 5.41) is 10.9. The first-order chi connectivity index (χ1) is 9.13. The zero-order valence-electron chi connectivity index (χ0n) is 11.7. The van der Waals surface area contributed by atoms with Crippen molar-refractivity contribution in [3.05, 3.63) is 28.8 Å². The zero-order chi connectivity index (χ0) is 13.8. The van der Waals surface area contributed by atoms with Crippen molar-refractivity contribution in [1.82, 2.24) is 0 Å². The van der Waals surface area contributed by atoms with Crippen molar-refractivity contribution >= 4 is 11.6 Å². The first-order valence-electron chi connectivity index (χ1n) is 7.14. The minimum Gasteiger partial charge on any atom is -0.496 e. The molecule has 19 heavy (non-hydrogen) atoms. The van der Waals surface area contributed by atoms with Crippen LogP contribution >= 0.6 is 11.6 Å². The van der Waals surface area contributed by atoms with E-state index in [1.807, 2.05) is 18.2 Å². The van der Waals surface area contributed by atoms with Crippen molar-refractivity contribution in [1.29, 1.82) is 0 Å². The van der Waals surface area contributed by atoms with Gasteiger partial charge in [-0.2, -0.15) is 0 Å². The first kappa shape index (κ1) is 14.7. The lowest BCUT2D eigenvalue weighted by Crippen LogP contribution is -2.30. The van der Waals surface area contributed by atoms with Crippen LogP contribution in [0.1, 0.15) is 38.2 Å². The SMILES string of the molecule is CCC1CCC(O)C(Cc2cc(Cl)ccc2OC)C1. The molecule has 1 aliphatic rings. The predicted octanol–water partition coefficient (Wildman–Crippen LogP) is 4.08. The molecule has 1 N–H and O–H groups in total. The minimum absolute atomic E-state index is 0.188. The molecule has 1 aromatic rings. The molecule has 1 saturated carbocycles. The van der Waals surface area contributed by atoms with E-state index >= 15 is 0 Å². The Bertz CT molecular complexity index is 419. The lowest BCUT2D eigenvalue weighted by Gasteiger charge is -2.33. The van der Waals surface area contributed by atoms with Crippen molar-refractivity contribution in [2.45, 2.75) is 45.1 Å². The van der Waals surface area contributed by atoms with Crippen LogP contribution in [0.4, 0.5) is 0 Å². The highest BCUT2D eigenvalue weighted by atomic mass is 35.5. The van der Waals surface area contributed by atoms with Crippen LogP contribution in [0.25, 0.3) is 0 Å². The molecule has 0 amide bonds. The van der Waals surface area contributed by atoms with E-state index in [1.54, 1.807) is 7.11 Å². The van der Waals surface area contributed by atoms with Gasteiger partial charge >= 0.3 is 0 Å². The summed E-state index contributed by atoms with van der Waals surface area (Å²) in [5.41, 5.74) is 1.11. The molecule has 1 fully saturated rings. The van der Waals surface area contributed by atoms with E-state index in [1.165, 1.54) is 6.42 Å². The summed E-state index contributed by atoms with van der Waals surface area (Å²) < 4.78 is 5.39. The summed E-state index contributed by atoms with van der Waals surface area (Å²) in [6, 6.07) is 5.71. The van der Waals surface area contributed by atoms with Gasteiger partial charge in [0.15, 0.2) is 0 Å². The topological polar surface area (TPSA) is 29.5 Å². The molecule has 2 nitrogen and oxygen atoms in total. The molecule has 3 heteroatoms. The second-order valence-corrected chi connectivity index (χ2v) is 6.01. The fourth-order valence-corrected chi connectivity index (χ4v) is 3.32. The van der Waals surface area contributed by atoms with Crippen LogP contribution in [0.2, 0.25) is 5.02 Å². The van der Waals surface area contributed by atoms with E-state index in [0.29, 0.717) is 5.92 Å². The second-order valence-electron chi connectivity index (χ2n) is 5.58. The molecule has 0 radical (unpaired) electrons. The third kappa shape index (κ3) is 3.64. The summed E-state index contributed by atoms with van der Waals surface area (Å²) >= 11 is 6.07. The lowest BCUT2D eigenvalue weighted by atomic mass is 9.76. The van der Waals surface area contributed by atoms with Gasteiger partial charge in [0.05, 0.1) is 13.2 Å². The highest BCUT2D eigenvalue weighted by Crippen LogP contribution is 2.35. The highest BCUT2D eigenvalue weighted by molar-refractivity contribution is 6.30. The van der Waals surface area contributed by atoms with Gasteiger partial charge in [-0.05, 0) is 61.3 Å². The molecule has 0 saturated heterocycles. The Labute approximate surface area is 120 Å². The molecule has 106 valence electrons. The minimum atomic E-state index is -0.188. The number of methoxy groups -OCH3 is 1. The van der Waals surface area contributed by atoms with E-state index in [4.69, 9.17) is 16.3 Å². The third-order valence-electron chi connectivity index (χ3n) is 4.35. The number of rotatable bonds is 4. The summed E-state index contributed by atoms with van der Waals surface area (Å²) in [7, 11) is 1.68. The molecule has 0 aliphatic heterocycles. The van der Waals surface area contributed by atoms with Gasteiger partial charge in [0.2, 0.25) is 0 Å². The summed E-state index contributed by atoms with van der Waals surface area (Å²) in [4.78, 5) is 0. The number of hydrogen-bond acceptors (Lipinski definition) is 2. The normalized spacial score (nSPS) is 27.3. The summed E-state index contributed by atoms with van der Waals surface area (Å²) in [5.74, 6) is 1.94. The van der Waals surface area contributed by atoms with E-state index < -0.39 is 0 Å². The zero-order valence-corrected chi connectivity index (χ0v) is 12.5. The van der Waals surface area contributed by atoms with E-state index in [0.717, 1.165) is 47.9 Å². The Morgan fingerprint density at radius 3 is 2.84 bits per heavy atom. The van der Waals surface area contributed by atoms with E-state index in [9.17, 15) is 5.11 Å². The Balaban J connectivity index is 2.12. The van der Waals surface area contributed by atoms with Gasteiger partial charge in [0, 0.05) is 5.02 Å². The first-order valence-corrected chi connectivity index (χ1v) is 7.52. The fourth-order valence-electron chi connectivity index (χ4n) is 3.12. The largest absolute Gasteiger partial charge is 0.496 e. The van der Waals surface area contributed by atoms with Crippen molar-refractivity contribution < 1.29 is 9.84 Å². The fraction of sp³-hybridized carbons (Fsp3) is 0.625. The Kier molecular flexibility index (Phi) is 5.12. The molecule has 1 aliphatic carbocycles. The van der Waals surface area contributed by atoms with Gasteiger partial charge in [-0.3, -0.25) is 0 Å². The quantitative estimate of drug-likeness (QED) is 0.902. The average Bonchev–Trinajstić information content (AvgIpc) is 2.41. The van der Waals surface area contributed by atoms with Crippen molar-refractivity contribution in [2.24, 2.45) is 11.8 Å². The van der Waals surface area contributed by atoms with Crippen LogP contribution in [-0.2, 0) is 6.42 Å². The van der Waals surface area contributed by atoms with Crippen LogP contribution in [-0.4, -0.2) is 18.3 Å². The van der Waals surface area contributed by atoms with E-state index in [-0.39, 0.29) is 6.10 Å². The van der Waals surface area contributed by atoms with Gasteiger partial charge in [0.1, 0.15) is 5.75 Å². The van der Waals surface area contributed by atoms with Gasteiger partial charge in [-0.15, -0.1) is 0 Å². The van der Waals surface area contributed by atoms with Crippen molar-refractivity contribution in [3.63, 3.8) is 0 Å². The van der Waals surface area contributed by atoms with Crippen LogP contribution in [0.5, 0.6) is 5.75 Å². The Hall–Kier alpha value is -0.730. The second kappa shape index (κ2) is 6.62. The molecule has 0 aromatic heterocycles. The Morgan fingerprint density at radius 1 is 1.37 bits per heavy atom. The number of hydrogen-bond donors (Lipinski definition) is 1. The third-order valence-corrected chi connectivity index (χ3v) is 4.59. The molecule has 3 atom stereocenters. The maximum atomic E-state index is 10.2. The van der Waals surface area contributed by atoms with E-state index in [2.05, 4.69) is 6.92 Å². The molecular formula is C16H23ClO2. The number of ether oxygens (including phenoxy) is 1. The summed E-state index contributed by atoms with van der Waals surface area (Å²) in [6.07, 6.45) is 5.05. The van der Waals surface area contributed by atoms with Crippen LogP contribution in [0.3, 0.4) is 0 Å². The molecule has 1 aromatic carbocycles. The van der Waals surface area contributed by atoms with Crippen LogP contribution in [0, 0.1) is 11.8 Å². The lowest BCUT2D eigenvalue weighted by molar-refractivity contribution is 0.0472. The standard InChI is InChI=1S/C16H23ClO2/c1-3-11-4-6-15(18)12(8-11)9-13-10-14(17)5-7-16(13)19-2/h5,7,10-12,15,18H,3-4,6,8-9H2,1-2H3. The number of aliphatic hydroxyl groups is 1. The van der Waals surface area contributed by atoms with Crippen molar-refractivity contribution in [3.8, 4) is 5.75 Å². The maximum Gasteiger partial charge on any atom is 0.122 e. The predicted molar refractivity (Wildman–Crippen MR) is 78.8 cm³/mol. The van der Waals surface area contributed by atoms with Crippen molar-refractivity contribution in [2.75, 3.05) is 7.11 Å². The molecule has 0 spiro atoms. The van der Waals surface area contributed by atoms with Crippen LogP contribution < -0.4 is 4.74 Å². The molecular weight excluding hydrogens is 260 g/mol. The maximum absolute atomic E-state index is 10.2. The van der Waals surface area contributed by atoms with Gasteiger partial charge < -0.3 is 9.84 Å². The monoisotopic (exact) mass is 282 g/mol. The number of benzene rings is 1. The number of aliphatic hydroxyl groups excluding tert-OH is 1. The average molecular weight is 283 g/mol.